The van der Waals surface area contributed by atoms with Crippen LogP contribution in [0.25, 0.3) is 0 Å². The lowest BCUT2D eigenvalue weighted by atomic mass is 10.0. The first kappa shape index (κ1) is 8.74. The van der Waals surface area contributed by atoms with Crippen LogP contribution in [-0.4, -0.2) is 16.7 Å². The Bertz CT molecular complexity index is 399. The molecule has 1 amide bonds. The summed E-state index contributed by atoms with van der Waals surface area (Å²) in [5.41, 5.74) is 4.08. The summed E-state index contributed by atoms with van der Waals surface area (Å²) in [6.07, 6.45) is 1.07. The summed E-state index contributed by atoms with van der Waals surface area (Å²) in [6.45, 7) is 0. The molecular formula is C10H10N2O2. The van der Waals surface area contributed by atoms with Crippen LogP contribution in [0.2, 0.25) is 0 Å². The summed E-state index contributed by atoms with van der Waals surface area (Å²) < 4.78 is 0. The highest BCUT2D eigenvalue weighted by Crippen LogP contribution is 2.15. The van der Waals surface area contributed by atoms with Crippen LogP contribution in [0.1, 0.15) is 18.4 Å². The van der Waals surface area contributed by atoms with Crippen LogP contribution >= 0.6 is 0 Å². The van der Waals surface area contributed by atoms with E-state index in [1.54, 1.807) is 18.2 Å². The SMILES string of the molecule is O=C1CCC(c2cccc(O)c2)=NN1. The molecule has 0 saturated carbocycles. The van der Waals surface area contributed by atoms with E-state index in [0.717, 1.165) is 11.3 Å². The van der Waals surface area contributed by atoms with Crippen molar-refractivity contribution >= 4 is 11.6 Å². The van der Waals surface area contributed by atoms with Crippen LogP contribution in [0.15, 0.2) is 29.4 Å². The first-order valence-electron chi connectivity index (χ1n) is 4.40. The Morgan fingerprint density at radius 3 is 2.86 bits per heavy atom. The van der Waals surface area contributed by atoms with Crippen molar-refractivity contribution in [3.63, 3.8) is 0 Å². The molecule has 1 aromatic carbocycles. The van der Waals surface area contributed by atoms with Gasteiger partial charge in [-0.15, -0.1) is 0 Å². The van der Waals surface area contributed by atoms with Crippen LogP contribution in [-0.2, 0) is 4.79 Å². The highest BCUT2D eigenvalue weighted by molar-refractivity contribution is 6.04. The summed E-state index contributed by atoms with van der Waals surface area (Å²) in [5.74, 6) is 0.149. The fraction of sp³-hybridized carbons (Fsp3) is 0.200. The maximum Gasteiger partial charge on any atom is 0.240 e. The third-order valence-electron chi connectivity index (χ3n) is 2.08. The Morgan fingerprint density at radius 2 is 2.21 bits per heavy atom. The number of phenols is 1. The lowest BCUT2D eigenvalue weighted by Gasteiger charge is -2.11. The van der Waals surface area contributed by atoms with Gasteiger partial charge in [0.15, 0.2) is 0 Å². The Morgan fingerprint density at radius 1 is 1.36 bits per heavy atom. The maximum atomic E-state index is 10.8. The largest absolute Gasteiger partial charge is 0.508 e. The van der Waals surface area contributed by atoms with E-state index in [1.807, 2.05) is 6.07 Å². The lowest BCUT2D eigenvalue weighted by molar-refractivity contribution is -0.121. The molecule has 0 spiro atoms. The van der Waals surface area contributed by atoms with Gasteiger partial charge >= 0.3 is 0 Å². The monoisotopic (exact) mass is 190 g/mol. The molecule has 0 atom stereocenters. The van der Waals surface area contributed by atoms with E-state index < -0.39 is 0 Å². The first-order chi connectivity index (χ1) is 6.75. The predicted molar refractivity (Wildman–Crippen MR) is 52.0 cm³/mol. The summed E-state index contributed by atoms with van der Waals surface area (Å²) in [7, 11) is 0. The number of benzene rings is 1. The molecule has 0 aromatic heterocycles. The number of carbonyl (C=O) groups is 1. The molecule has 4 heteroatoms. The number of amides is 1. The number of hydrogen-bond donors (Lipinski definition) is 2. The van der Waals surface area contributed by atoms with Crippen LogP contribution in [0.4, 0.5) is 0 Å². The third-order valence-corrected chi connectivity index (χ3v) is 2.08. The van der Waals surface area contributed by atoms with E-state index in [2.05, 4.69) is 10.5 Å². The molecule has 72 valence electrons. The molecule has 2 N–H and O–H groups in total. The van der Waals surface area contributed by atoms with Crippen LogP contribution in [0.5, 0.6) is 5.75 Å². The normalized spacial score (nSPS) is 16.0. The molecule has 1 heterocycles. The molecular weight excluding hydrogens is 180 g/mol. The molecule has 14 heavy (non-hydrogen) atoms. The van der Waals surface area contributed by atoms with Crippen molar-refractivity contribution in [1.29, 1.82) is 0 Å². The average Bonchev–Trinajstić information content (AvgIpc) is 2.19. The molecule has 0 bridgehead atoms. The lowest BCUT2D eigenvalue weighted by Crippen LogP contribution is -2.25. The Hall–Kier alpha value is -1.84. The minimum atomic E-state index is -0.0612. The minimum absolute atomic E-state index is 0.0612. The van der Waals surface area contributed by atoms with Gasteiger partial charge in [0.1, 0.15) is 5.75 Å². The van der Waals surface area contributed by atoms with Gasteiger partial charge in [0.2, 0.25) is 5.91 Å². The topological polar surface area (TPSA) is 61.7 Å². The van der Waals surface area contributed by atoms with E-state index in [1.165, 1.54) is 0 Å². The first-order valence-corrected chi connectivity index (χ1v) is 4.40. The molecule has 1 aromatic rings. The van der Waals surface area contributed by atoms with Crippen molar-refractivity contribution in [3.8, 4) is 5.75 Å². The van der Waals surface area contributed by atoms with Gasteiger partial charge in [0.25, 0.3) is 0 Å². The van der Waals surface area contributed by atoms with Crippen molar-refractivity contribution in [2.24, 2.45) is 5.10 Å². The maximum absolute atomic E-state index is 10.8. The summed E-state index contributed by atoms with van der Waals surface area (Å²) in [5, 5.41) is 13.2. The summed E-state index contributed by atoms with van der Waals surface area (Å²) >= 11 is 0. The number of nitrogens with one attached hydrogen (secondary N) is 1. The van der Waals surface area contributed by atoms with E-state index in [-0.39, 0.29) is 11.7 Å². The van der Waals surface area contributed by atoms with Crippen LogP contribution in [0.3, 0.4) is 0 Å². The minimum Gasteiger partial charge on any atom is -0.508 e. The van der Waals surface area contributed by atoms with Gasteiger partial charge < -0.3 is 5.11 Å². The number of hydrogen-bond acceptors (Lipinski definition) is 3. The fourth-order valence-corrected chi connectivity index (χ4v) is 1.37. The number of carbonyl (C=O) groups excluding carboxylic acids is 1. The van der Waals surface area contributed by atoms with E-state index >= 15 is 0 Å². The molecule has 1 aliphatic heterocycles. The smallest absolute Gasteiger partial charge is 0.240 e. The highest BCUT2D eigenvalue weighted by Gasteiger charge is 2.12. The standard InChI is InChI=1S/C10H10N2O2/c13-8-3-1-2-7(6-8)9-4-5-10(14)12-11-9/h1-3,6,13H,4-5H2,(H,12,14). The van der Waals surface area contributed by atoms with E-state index in [9.17, 15) is 9.90 Å². The highest BCUT2D eigenvalue weighted by atomic mass is 16.3. The zero-order valence-corrected chi connectivity index (χ0v) is 7.53. The number of aromatic hydroxyl groups is 1. The zero-order valence-electron chi connectivity index (χ0n) is 7.53. The van der Waals surface area contributed by atoms with Gasteiger partial charge in [-0.05, 0) is 12.1 Å². The number of phenolic OH excluding ortho intramolecular Hbond substituents is 1. The van der Waals surface area contributed by atoms with Crippen molar-refractivity contribution in [3.05, 3.63) is 29.8 Å². The van der Waals surface area contributed by atoms with Gasteiger partial charge in [-0.2, -0.15) is 5.10 Å². The van der Waals surface area contributed by atoms with Crippen molar-refractivity contribution in [1.82, 2.24) is 5.43 Å². The summed E-state index contributed by atoms with van der Waals surface area (Å²) in [6, 6.07) is 6.85. The molecule has 0 saturated heterocycles. The van der Waals surface area contributed by atoms with Gasteiger partial charge in [0, 0.05) is 18.4 Å². The molecule has 4 nitrogen and oxygen atoms in total. The Kier molecular flexibility index (Phi) is 2.18. The third kappa shape index (κ3) is 1.74. The number of hydrazone groups is 1. The number of rotatable bonds is 1. The molecule has 0 fully saturated rings. The van der Waals surface area contributed by atoms with Crippen molar-refractivity contribution in [2.45, 2.75) is 12.8 Å². The second-order valence-corrected chi connectivity index (χ2v) is 3.14. The Balaban J connectivity index is 2.27. The average molecular weight is 190 g/mol. The predicted octanol–water partition coefficient (Wildman–Crippen LogP) is 1.01. The van der Waals surface area contributed by atoms with Crippen molar-refractivity contribution in [2.75, 3.05) is 0 Å². The fourth-order valence-electron chi connectivity index (χ4n) is 1.37. The Labute approximate surface area is 81.3 Å². The van der Waals surface area contributed by atoms with Gasteiger partial charge in [0.05, 0.1) is 5.71 Å². The second-order valence-electron chi connectivity index (χ2n) is 3.14. The zero-order chi connectivity index (χ0) is 9.97. The van der Waals surface area contributed by atoms with Gasteiger partial charge in [-0.1, -0.05) is 12.1 Å². The molecule has 0 radical (unpaired) electrons. The molecule has 2 rings (SSSR count). The van der Waals surface area contributed by atoms with Gasteiger partial charge in [-0.3, -0.25) is 4.79 Å². The molecule has 1 aliphatic rings. The van der Waals surface area contributed by atoms with Crippen LogP contribution < -0.4 is 5.43 Å². The van der Waals surface area contributed by atoms with E-state index in [4.69, 9.17) is 0 Å². The van der Waals surface area contributed by atoms with Crippen LogP contribution in [0, 0.1) is 0 Å². The second kappa shape index (κ2) is 3.49. The molecule has 0 aliphatic carbocycles. The van der Waals surface area contributed by atoms with E-state index in [0.29, 0.717) is 12.8 Å². The van der Waals surface area contributed by atoms with Crippen molar-refractivity contribution < 1.29 is 9.90 Å². The summed E-state index contributed by atoms with van der Waals surface area (Å²) in [4.78, 5) is 10.8. The quantitative estimate of drug-likeness (QED) is 0.694. The molecule has 0 unspecified atom stereocenters. The number of nitrogens with zero attached hydrogens (tertiary/aromatic N) is 1. The van der Waals surface area contributed by atoms with Gasteiger partial charge in [-0.25, -0.2) is 5.43 Å².